The number of hydrogen-bond donors (Lipinski definition) is 2. The number of nitrogens with two attached hydrogens (primary N) is 2. The number of carbonyl (C=O) groups is 4. The van der Waals surface area contributed by atoms with E-state index in [1.54, 1.807) is 72.8 Å². The van der Waals surface area contributed by atoms with Crippen LogP contribution < -0.4 is 30.4 Å². The Balaban J connectivity index is 1.10. The molecular formula is C55H48F6N2O10. The van der Waals surface area contributed by atoms with Crippen LogP contribution >= 0.6 is 0 Å². The fourth-order valence-electron chi connectivity index (χ4n) is 6.81. The molecule has 12 nitrogen and oxygen atoms in total. The predicted octanol–water partition coefficient (Wildman–Crippen LogP) is 11.7. The topological polar surface area (TPSA) is 176 Å². The number of ether oxygens (including phenoxy) is 6. The highest BCUT2D eigenvalue weighted by atomic mass is 19.4. The summed E-state index contributed by atoms with van der Waals surface area (Å²) in [4.78, 5) is 53.0. The van der Waals surface area contributed by atoms with Gasteiger partial charge >= 0.3 is 36.2 Å². The molecule has 0 atom stereocenters. The summed E-state index contributed by atoms with van der Waals surface area (Å²) in [6.45, 7) is -0.287. The van der Waals surface area contributed by atoms with E-state index in [2.05, 4.69) is 0 Å². The molecule has 0 fully saturated rings. The van der Waals surface area contributed by atoms with Crippen LogP contribution in [0.3, 0.4) is 0 Å². The van der Waals surface area contributed by atoms with Crippen molar-refractivity contribution >= 4 is 47.4 Å². The monoisotopic (exact) mass is 1010 g/mol. The van der Waals surface area contributed by atoms with Gasteiger partial charge in [-0.2, -0.15) is 26.3 Å². The number of esters is 4. The van der Waals surface area contributed by atoms with Crippen molar-refractivity contribution in [1.29, 1.82) is 0 Å². The van der Waals surface area contributed by atoms with E-state index in [1.165, 1.54) is 84.9 Å². The van der Waals surface area contributed by atoms with Crippen LogP contribution in [0, 0.1) is 0 Å². The molecule has 6 aromatic carbocycles. The lowest BCUT2D eigenvalue weighted by molar-refractivity contribution is -0.221. The highest BCUT2D eigenvalue weighted by Gasteiger charge is 2.39. The van der Waals surface area contributed by atoms with E-state index in [4.69, 9.17) is 39.9 Å². The Bertz CT molecular complexity index is 2640. The third-order valence-electron chi connectivity index (χ3n) is 10.4. The van der Waals surface area contributed by atoms with Gasteiger partial charge in [-0.3, -0.25) is 0 Å². The average molecular weight is 1010 g/mol. The van der Waals surface area contributed by atoms with E-state index in [0.29, 0.717) is 45.1 Å². The molecule has 0 saturated heterocycles. The zero-order chi connectivity index (χ0) is 52.4. The number of hydrogen-bond acceptors (Lipinski definition) is 12. The van der Waals surface area contributed by atoms with E-state index >= 15 is 0 Å². The Labute approximate surface area is 415 Å². The molecule has 0 heterocycles. The standard InChI is InChI=1S/C55H48F6N2O10/c56-54(57,58)31-1-33-68-45-25-13-41(14-26-45)51(66)70-47-21-7-37(8-22-47)11-29-49(64)72-53(35-39-3-17-43(62)18-4-39,36-40-5-19-44(63)20-6-40)73-50(65)30-12-38-9-23-48(24-10-38)71-52(67)42-15-27-46(28-16-42)69-34-2-32-55(59,60)61/h3-30H,1-2,31-36,62-63H2. The van der Waals surface area contributed by atoms with E-state index in [1.807, 2.05) is 0 Å². The lowest BCUT2D eigenvalue weighted by atomic mass is 9.97. The Hall–Kier alpha value is -8.54. The molecule has 0 aliphatic heterocycles. The summed E-state index contributed by atoms with van der Waals surface area (Å²) >= 11 is 0. The number of nitrogen functional groups attached to an aromatic ring is 2. The molecule has 0 aromatic heterocycles. The highest BCUT2D eigenvalue weighted by Crippen LogP contribution is 2.29. The fourth-order valence-corrected chi connectivity index (χ4v) is 6.81. The largest absolute Gasteiger partial charge is 0.494 e. The van der Waals surface area contributed by atoms with Gasteiger partial charge in [-0.05, 0) is 144 Å². The first-order valence-corrected chi connectivity index (χ1v) is 22.5. The van der Waals surface area contributed by atoms with Crippen molar-refractivity contribution < 1.29 is 73.9 Å². The smallest absolute Gasteiger partial charge is 0.389 e. The number of benzene rings is 6. The molecule has 0 amide bonds. The average Bonchev–Trinajstić information content (AvgIpc) is 3.35. The van der Waals surface area contributed by atoms with Crippen LogP contribution in [0.1, 0.15) is 68.7 Å². The van der Waals surface area contributed by atoms with Crippen molar-refractivity contribution in [2.75, 3.05) is 24.7 Å². The van der Waals surface area contributed by atoms with Gasteiger partial charge in [-0.1, -0.05) is 48.5 Å². The van der Waals surface area contributed by atoms with Gasteiger partial charge in [0.05, 0.1) is 37.2 Å². The Morgan fingerprint density at radius 1 is 0.438 bits per heavy atom. The van der Waals surface area contributed by atoms with Crippen molar-refractivity contribution in [2.45, 2.75) is 56.7 Å². The van der Waals surface area contributed by atoms with Crippen molar-refractivity contribution in [2.24, 2.45) is 0 Å². The van der Waals surface area contributed by atoms with Gasteiger partial charge in [-0.15, -0.1) is 0 Å². The molecule has 0 bridgehead atoms. The molecule has 0 spiro atoms. The maximum Gasteiger partial charge on any atom is 0.389 e. The third kappa shape index (κ3) is 18.6. The molecule has 6 rings (SSSR count). The summed E-state index contributed by atoms with van der Waals surface area (Å²) < 4.78 is 108. The molecule has 0 radical (unpaired) electrons. The molecule has 0 saturated carbocycles. The van der Waals surface area contributed by atoms with E-state index in [0.717, 1.165) is 12.2 Å². The van der Waals surface area contributed by atoms with Gasteiger partial charge in [0.2, 0.25) is 0 Å². The van der Waals surface area contributed by atoms with Crippen molar-refractivity contribution in [3.05, 3.63) is 191 Å². The zero-order valence-corrected chi connectivity index (χ0v) is 38.8. The number of anilines is 2. The second kappa shape index (κ2) is 25.0. The number of halogens is 6. The Morgan fingerprint density at radius 2 is 0.767 bits per heavy atom. The van der Waals surface area contributed by atoms with Crippen LogP contribution in [0.5, 0.6) is 23.0 Å². The first kappa shape index (κ1) is 53.8. The first-order chi connectivity index (χ1) is 34.8. The molecule has 18 heteroatoms. The Kier molecular flexibility index (Phi) is 18.4. The van der Waals surface area contributed by atoms with Crippen LogP contribution in [0.15, 0.2) is 158 Å². The van der Waals surface area contributed by atoms with Crippen LogP contribution in [-0.2, 0) is 31.9 Å². The van der Waals surface area contributed by atoms with Crippen LogP contribution in [-0.4, -0.2) is 55.2 Å². The van der Waals surface area contributed by atoms with Crippen molar-refractivity contribution in [3.8, 4) is 23.0 Å². The summed E-state index contributed by atoms with van der Waals surface area (Å²) in [5.74, 6) is -4.13. The van der Waals surface area contributed by atoms with Crippen LogP contribution in [0.4, 0.5) is 37.7 Å². The lowest BCUT2D eigenvalue weighted by Gasteiger charge is -2.32. The number of alkyl halides is 6. The molecule has 0 unspecified atom stereocenters. The molecular weight excluding hydrogens is 963 g/mol. The minimum Gasteiger partial charge on any atom is -0.494 e. The van der Waals surface area contributed by atoms with E-state index < -0.39 is 54.9 Å². The zero-order valence-electron chi connectivity index (χ0n) is 38.8. The summed E-state index contributed by atoms with van der Waals surface area (Å²) in [6, 6.07) is 37.2. The molecule has 0 aliphatic rings. The van der Waals surface area contributed by atoms with E-state index in [9.17, 15) is 45.5 Å². The predicted molar refractivity (Wildman–Crippen MR) is 259 cm³/mol. The maximum absolute atomic E-state index is 13.7. The van der Waals surface area contributed by atoms with Gasteiger partial charge < -0.3 is 39.9 Å². The van der Waals surface area contributed by atoms with Gasteiger partial charge in [0, 0.05) is 36.4 Å². The maximum atomic E-state index is 13.7. The van der Waals surface area contributed by atoms with Gasteiger partial charge in [0.25, 0.3) is 5.79 Å². The normalized spacial score (nSPS) is 11.8. The van der Waals surface area contributed by atoms with Gasteiger partial charge in [-0.25, -0.2) is 19.2 Å². The highest BCUT2D eigenvalue weighted by molar-refractivity contribution is 5.92. The van der Waals surface area contributed by atoms with E-state index in [-0.39, 0.29) is 61.5 Å². The van der Waals surface area contributed by atoms with Crippen LogP contribution in [0.25, 0.3) is 12.2 Å². The first-order valence-electron chi connectivity index (χ1n) is 22.5. The fraction of sp³-hybridized carbons (Fsp3) is 0.200. The summed E-state index contributed by atoms with van der Waals surface area (Å²) in [5.41, 5.74) is 15.4. The minimum absolute atomic E-state index is 0.105. The van der Waals surface area contributed by atoms with Gasteiger partial charge in [0.15, 0.2) is 0 Å². The minimum atomic E-state index is -4.28. The molecule has 380 valence electrons. The van der Waals surface area contributed by atoms with Crippen molar-refractivity contribution in [1.82, 2.24) is 0 Å². The van der Waals surface area contributed by atoms with Crippen molar-refractivity contribution in [3.63, 3.8) is 0 Å². The lowest BCUT2D eigenvalue weighted by Crippen LogP contribution is -2.44. The third-order valence-corrected chi connectivity index (χ3v) is 10.4. The summed E-state index contributed by atoms with van der Waals surface area (Å²) in [5, 5.41) is 0. The number of rotatable bonds is 22. The molecule has 4 N–H and O–H groups in total. The van der Waals surface area contributed by atoms with Crippen LogP contribution in [0.2, 0.25) is 0 Å². The SMILES string of the molecule is Nc1ccc(CC(Cc2ccc(N)cc2)(OC(=O)C=Cc2ccc(OC(=O)c3ccc(OCCCC(F)(F)F)cc3)cc2)OC(=O)C=Cc2ccc(OC(=O)c3ccc(OCCCC(F)(F)F)cc3)cc2)cc1. The second-order valence-electron chi connectivity index (χ2n) is 16.4. The van der Waals surface area contributed by atoms with Gasteiger partial charge in [0.1, 0.15) is 23.0 Å². The molecule has 0 aliphatic carbocycles. The quantitative estimate of drug-likeness (QED) is 0.0125. The second-order valence-corrected chi connectivity index (χ2v) is 16.4. The molecule has 73 heavy (non-hydrogen) atoms. The summed E-state index contributed by atoms with van der Waals surface area (Å²) in [6.07, 6.45) is -5.95. The Morgan fingerprint density at radius 3 is 1.10 bits per heavy atom. The number of carbonyl (C=O) groups excluding carboxylic acids is 4. The molecule has 6 aromatic rings. The summed E-state index contributed by atoms with van der Waals surface area (Å²) in [7, 11) is 0.